The van der Waals surface area contributed by atoms with Crippen LogP contribution < -0.4 is 9.62 Å². The number of sulfonamides is 1. The van der Waals surface area contributed by atoms with Gasteiger partial charge in [0.05, 0.1) is 11.9 Å². The lowest BCUT2D eigenvalue weighted by atomic mass is 10.0. The molecule has 0 heterocycles. The van der Waals surface area contributed by atoms with Crippen LogP contribution in [-0.4, -0.2) is 50.5 Å². The fourth-order valence-electron chi connectivity index (χ4n) is 4.00. The molecule has 0 aliphatic rings. The molecule has 0 fully saturated rings. The number of hydrogen-bond donors (Lipinski definition) is 1. The lowest BCUT2D eigenvalue weighted by Crippen LogP contribution is -2.53. The van der Waals surface area contributed by atoms with Crippen molar-refractivity contribution >= 4 is 43.5 Å². The second-order valence-corrected chi connectivity index (χ2v) is 11.7. The van der Waals surface area contributed by atoms with Crippen LogP contribution in [-0.2, 0) is 32.6 Å². The van der Waals surface area contributed by atoms with Crippen LogP contribution in [0.3, 0.4) is 0 Å². The first-order chi connectivity index (χ1) is 18.1. The van der Waals surface area contributed by atoms with Crippen molar-refractivity contribution in [3.63, 3.8) is 0 Å². The van der Waals surface area contributed by atoms with Crippen molar-refractivity contribution in [3.05, 3.63) is 100 Å². The molecule has 2 amide bonds. The van der Waals surface area contributed by atoms with Gasteiger partial charge in [-0.2, -0.15) is 0 Å². The van der Waals surface area contributed by atoms with E-state index < -0.39 is 34.3 Å². The molecular formula is C28H31BrFN3O4S. The van der Waals surface area contributed by atoms with Gasteiger partial charge in [0.2, 0.25) is 21.8 Å². The van der Waals surface area contributed by atoms with Gasteiger partial charge in [0.25, 0.3) is 0 Å². The number of carbonyl (C=O) groups is 2. The summed E-state index contributed by atoms with van der Waals surface area (Å²) in [5.41, 5.74) is 1.63. The van der Waals surface area contributed by atoms with Crippen molar-refractivity contribution in [3.8, 4) is 0 Å². The molecule has 38 heavy (non-hydrogen) atoms. The smallest absolute Gasteiger partial charge is 0.244 e. The fraction of sp³-hybridized carbons (Fsp3) is 0.286. The summed E-state index contributed by atoms with van der Waals surface area (Å²) in [6.45, 7) is 1.83. The number of rotatable bonds is 12. The number of benzene rings is 3. The van der Waals surface area contributed by atoms with Gasteiger partial charge in [0, 0.05) is 24.0 Å². The van der Waals surface area contributed by atoms with Crippen molar-refractivity contribution < 1.29 is 22.4 Å². The zero-order valence-electron chi connectivity index (χ0n) is 21.3. The minimum absolute atomic E-state index is 0.0262. The minimum Gasteiger partial charge on any atom is -0.354 e. The van der Waals surface area contributed by atoms with E-state index in [2.05, 4.69) is 21.2 Å². The Balaban J connectivity index is 2.04. The highest BCUT2D eigenvalue weighted by Gasteiger charge is 2.33. The molecule has 1 atom stereocenters. The van der Waals surface area contributed by atoms with Crippen molar-refractivity contribution in [2.24, 2.45) is 0 Å². The maximum Gasteiger partial charge on any atom is 0.244 e. The molecule has 1 N–H and O–H groups in total. The molecule has 0 bridgehead atoms. The molecule has 10 heteroatoms. The van der Waals surface area contributed by atoms with Gasteiger partial charge in [-0.15, -0.1) is 0 Å². The van der Waals surface area contributed by atoms with Crippen LogP contribution in [0.4, 0.5) is 10.1 Å². The molecule has 0 radical (unpaired) electrons. The van der Waals surface area contributed by atoms with E-state index in [4.69, 9.17) is 0 Å². The second-order valence-electron chi connectivity index (χ2n) is 8.90. The monoisotopic (exact) mass is 603 g/mol. The standard InChI is InChI=1S/C28H31BrFN3O4S/c1-3-15-31-28(35)26(17-21-9-5-4-6-10-21)32(19-22-11-7-12-23(29)16-22)27(34)20-33(38(2,36)37)25-14-8-13-24(30)18-25/h4-14,16,18,26H,3,15,17,19-20H2,1-2H3,(H,31,35)/t26-/m1/s1. The minimum atomic E-state index is -3.95. The molecule has 0 saturated heterocycles. The van der Waals surface area contributed by atoms with Crippen LogP contribution >= 0.6 is 15.9 Å². The van der Waals surface area contributed by atoms with Crippen LogP contribution in [0.5, 0.6) is 0 Å². The number of halogens is 2. The summed E-state index contributed by atoms with van der Waals surface area (Å²) < 4.78 is 41.0. The zero-order chi connectivity index (χ0) is 27.7. The van der Waals surface area contributed by atoms with Crippen LogP contribution in [0.2, 0.25) is 0 Å². The molecule has 0 spiro atoms. The van der Waals surface area contributed by atoms with E-state index in [1.807, 2.05) is 61.5 Å². The van der Waals surface area contributed by atoms with E-state index >= 15 is 0 Å². The highest BCUT2D eigenvalue weighted by atomic mass is 79.9. The highest BCUT2D eigenvalue weighted by molar-refractivity contribution is 9.10. The Bertz CT molecular complexity index is 1350. The maximum absolute atomic E-state index is 14.0. The Morgan fingerprint density at radius 1 is 0.974 bits per heavy atom. The first-order valence-corrected chi connectivity index (χ1v) is 14.8. The number of nitrogens with zero attached hydrogens (tertiary/aromatic N) is 2. The average Bonchev–Trinajstić information content (AvgIpc) is 2.87. The molecule has 0 aliphatic heterocycles. The Morgan fingerprint density at radius 3 is 2.29 bits per heavy atom. The number of amides is 2. The molecule has 3 aromatic carbocycles. The van der Waals surface area contributed by atoms with Gasteiger partial charge in [0.1, 0.15) is 18.4 Å². The van der Waals surface area contributed by atoms with E-state index in [-0.39, 0.29) is 24.6 Å². The summed E-state index contributed by atoms with van der Waals surface area (Å²) in [4.78, 5) is 28.7. The van der Waals surface area contributed by atoms with E-state index in [0.29, 0.717) is 13.0 Å². The van der Waals surface area contributed by atoms with Gasteiger partial charge in [-0.3, -0.25) is 13.9 Å². The van der Waals surface area contributed by atoms with Crippen LogP contribution in [0.25, 0.3) is 0 Å². The van der Waals surface area contributed by atoms with E-state index in [1.54, 1.807) is 0 Å². The van der Waals surface area contributed by atoms with Gasteiger partial charge in [-0.1, -0.05) is 71.4 Å². The lowest BCUT2D eigenvalue weighted by molar-refractivity contribution is -0.140. The first kappa shape index (κ1) is 29.3. The second kappa shape index (κ2) is 13.5. The largest absolute Gasteiger partial charge is 0.354 e. The Morgan fingerprint density at radius 2 is 1.66 bits per heavy atom. The Kier molecular flexibility index (Phi) is 10.4. The third-order valence-electron chi connectivity index (χ3n) is 5.84. The Hall–Kier alpha value is -3.24. The van der Waals surface area contributed by atoms with Crippen molar-refractivity contribution in [1.29, 1.82) is 0 Å². The van der Waals surface area contributed by atoms with Gasteiger partial charge in [0.15, 0.2) is 0 Å². The molecule has 0 aliphatic carbocycles. The molecule has 7 nitrogen and oxygen atoms in total. The summed E-state index contributed by atoms with van der Waals surface area (Å²) in [5, 5.41) is 2.88. The van der Waals surface area contributed by atoms with Crippen molar-refractivity contribution in [1.82, 2.24) is 10.2 Å². The number of anilines is 1. The summed E-state index contributed by atoms with van der Waals surface area (Å²) in [7, 11) is -3.95. The predicted octanol–water partition coefficient (Wildman–Crippen LogP) is 4.52. The zero-order valence-corrected chi connectivity index (χ0v) is 23.7. The molecule has 0 unspecified atom stereocenters. The summed E-state index contributed by atoms with van der Waals surface area (Å²) in [6.07, 6.45) is 1.90. The SMILES string of the molecule is CCCNC(=O)[C@@H](Cc1ccccc1)N(Cc1cccc(Br)c1)C(=O)CN(c1cccc(F)c1)S(C)(=O)=O. The van der Waals surface area contributed by atoms with Crippen LogP contribution in [0.15, 0.2) is 83.3 Å². The molecule has 202 valence electrons. The topological polar surface area (TPSA) is 86.8 Å². The fourth-order valence-corrected chi connectivity index (χ4v) is 5.29. The molecule has 3 rings (SSSR count). The normalized spacial score (nSPS) is 12.0. The predicted molar refractivity (Wildman–Crippen MR) is 151 cm³/mol. The summed E-state index contributed by atoms with van der Waals surface area (Å²) in [6, 6.07) is 20.8. The Labute approximate surface area is 231 Å². The number of hydrogen-bond acceptors (Lipinski definition) is 4. The van der Waals surface area contributed by atoms with Crippen LogP contribution in [0, 0.1) is 5.82 Å². The quantitative estimate of drug-likeness (QED) is 0.330. The third kappa shape index (κ3) is 8.39. The number of nitrogens with one attached hydrogen (secondary N) is 1. The first-order valence-electron chi connectivity index (χ1n) is 12.2. The van der Waals surface area contributed by atoms with E-state index in [1.165, 1.54) is 23.1 Å². The molecule has 0 aromatic heterocycles. The lowest BCUT2D eigenvalue weighted by Gasteiger charge is -2.33. The van der Waals surface area contributed by atoms with Gasteiger partial charge >= 0.3 is 0 Å². The van der Waals surface area contributed by atoms with E-state index in [0.717, 1.165) is 32.2 Å². The average molecular weight is 605 g/mol. The van der Waals surface area contributed by atoms with Gasteiger partial charge in [-0.05, 0) is 47.9 Å². The van der Waals surface area contributed by atoms with Crippen molar-refractivity contribution in [2.75, 3.05) is 23.7 Å². The van der Waals surface area contributed by atoms with Gasteiger partial charge in [-0.25, -0.2) is 12.8 Å². The van der Waals surface area contributed by atoms with Crippen molar-refractivity contribution in [2.45, 2.75) is 32.4 Å². The molecular weight excluding hydrogens is 573 g/mol. The highest BCUT2D eigenvalue weighted by Crippen LogP contribution is 2.22. The summed E-state index contributed by atoms with van der Waals surface area (Å²) in [5.74, 6) is -1.56. The number of carbonyl (C=O) groups excluding carboxylic acids is 2. The van der Waals surface area contributed by atoms with Gasteiger partial charge < -0.3 is 10.2 Å². The third-order valence-corrected chi connectivity index (χ3v) is 7.47. The maximum atomic E-state index is 14.0. The molecule has 0 saturated carbocycles. The summed E-state index contributed by atoms with van der Waals surface area (Å²) >= 11 is 3.44. The molecule has 3 aromatic rings. The van der Waals surface area contributed by atoms with Crippen LogP contribution in [0.1, 0.15) is 24.5 Å². The van der Waals surface area contributed by atoms with E-state index in [9.17, 15) is 22.4 Å².